The monoisotopic (exact) mass is 515 g/mol. The number of amides is 2. The second-order valence-corrected chi connectivity index (χ2v) is 13.0. The van der Waals surface area contributed by atoms with Gasteiger partial charge in [0.15, 0.2) is 0 Å². The number of benzene rings is 1. The molecule has 2 amide bonds. The van der Waals surface area contributed by atoms with E-state index in [2.05, 4.69) is 10.0 Å². The molecular formula is C27H42BN3O4S. The van der Waals surface area contributed by atoms with Crippen LogP contribution < -0.4 is 10.0 Å². The van der Waals surface area contributed by atoms with Gasteiger partial charge in [-0.3, -0.25) is 9.59 Å². The van der Waals surface area contributed by atoms with Gasteiger partial charge in [0.05, 0.1) is 12.7 Å². The summed E-state index contributed by atoms with van der Waals surface area (Å²) in [5, 5.41) is 2.91. The Bertz CT molecular complexity index is 1040. The third kappa shape index (κ3) is 6.33. The first-order valence-corrected chi connectivity index (χ1v) is 14.8. The van der Waals surface area contributed by atoms with Crippen LogP contribution in [0, 0.1) is 24.7 Å². The first kappa shape index (κ1) is 28.7. The van der Waals surface area contributed by atoms with Gasteiger partial charge in [-0.15, -0.1) is 0 Å². The van der Waals surface area contributed by atoms with Gasteiger partial charge in [0, 0.05) is 6.54 Å². The maximum Gasteiger partial charge on any atom is 0.244 e. The molecule has 7 nitrogen and oxygen atoms in total. The zero-order valence-electron chi connectivity index (χ0n) is 22.4. The van der Waals surface area contributed by atoms with E-state index in [1.807, 2.05) is 40.7 Å². The summed E-state index contributed by atoms with van der Waals surface area (Å²) in [5.74, 6) is -0.992. The molecule has 2 fully saturated rings. The van der Waals surface area contributed by atoms with Crippen molar-refractivity contribution in [2.24, 2.45) is 17.8 Å². The minimum Gasteiger partial charge on any atom is -0.360 e. The third-order valence-electron chi connectivity index (χ3n) is 7.98. The van der Waals surface area contributed by atoms with Crippen LogP contribution in [-0.4, -0.2) is 57.0 Å². The van der Waals surface area contributed by atoms with E-state index in [0.717, 1.165) is 31.2 Å². The number of likely N-dealkylation sites (tertiary alicyclic amines) is 1. The highest BCUT2D eigenvalue weighted by atomic mass is 32.2. The fraction of sp³-hybridized carbons (Fsp3) is 0.704. The molecule has 1 heterocycles. The normalized spacial score (nSPS) is 23.3. The molecule has 1 saturated heterocycles. The van der Waals surface area contributed by atoms with Gasteiger partial charge in [-0.25, -0.2) is 8.42 Å². The average molecular weight is 516 g/mol. The van der Waals surface area contributed by atoms with Crippen LogP contribution in [0.1, 0.15) is 78.2 Å². The van der Waals surface area contributed by atoms with Crippen molar-refractivity contribution >= 4 is 29.7 Å². The summed E-state index contributed by atoms with van der Waals surface area (Å²) in [7, 11) is 2.21. The molecule has 9 heteroatoms. The number of carbonyl (C=O) groups excluding carboxylic acids is 2. The topological polar surface area (TPSA) is 95.6 Å². The largest absolute Gasteiger partial charge is 0.360 e. The number of aryl methyl sites for hydroxylation is 1. The lowest BCUT2D eigenvalue weighted by molar-refractivity contribution is -0.142. The Labute approximate surface area is 218 Å². The fourth-order valence-corrected chi connectivity index (χ4v) is 7.05. The van der Waals surface area contributed by atoms with Gasteiger partial charge in [0.2, 0.25) is 21.8 Å². The number of hydrogen-bond donors (Lipinski definition) is 2. The molecule has 1 aromatic carbocycles. The molecule has 1 aliphatic carbocycles. The predicted molar refractivity (Wildman–Crippen MR) is 143 cm³/mol. The Balaban J connectivity index is 1.90. The standard InChI is InChI=1S/C27H42BN3O4S/c1-18(2)24(28)29-25(32)23(17-21-11-7-6-8-12-21)31-15-14-27(19(3)4,26(31)33)30-36(34,35)22-13-9-10-20(5)16-22/h9-10,13,16,18-19,21,23-24,30H,6-8,11-12,14-15,17H2,1-5H3,(H,29,32)/t23-,24-,27-/m0/s1. The minimum atomic E-state index is -3.95. The molecule has 1 aliphatic heterocycles. The zero-order chi connectivity index (χ0) is 26.7. The van der Waals surface area contributed by atoms with Crippen LogP contribution in [0.4, 0.5) is 0 Å². The van der Waals surface area contributed by atoms with Gasteiger partial charge in [-0.05, 0) is 61.2 Å². The highest BCUT2D eigenvalue weighted by Gasteiger charge is 2.54. The zero-order valence-corrected chi connectivity index (χ0v) is 23.2. The predicted octanol–water partition coefficient (Wildman–Crippen LogP) is 3.51. The van der Waals surface area contributed by atoms with E-state index < -0.39 is 27.5 Å². The van der Waals surface area contributed by atoms with Crippen LogP contribution in [0.15, 0.2) is 29.2 Å². The number of nitrogens with zero attached hydrogens (tertiary/aromatic N) is 1. The molecule has 2 radical (unpaired) electrons. The van der Waals surface area contributed by atoms with Crippen LogP contribution in [0.3, 0.4) is 0 Å². The van der Waals surface area contributed by atoms with Crippen LogP contribution >= 0.6 is 0 Å². The van der Waals surface area contributed by atoms with Crippen molar-refractivity contribution in [2.45, 2.75) is 102 Å². The maximum absolute atomic E-state index is 14.0. The molecule has 3 atom stereocenters. The van der Waals surface area contributed by atoms with E-state index in [1.54, 1.807) is 17.0 Å². The summed E-state index contributed by atoms with van der Waals surface area (Å²) in [6.07, 6.45) is 6.41. The lowest BCUT2D eigenvalue weighted by Crippen LogP contribution is -2.60. The van der Waals surface area contributed by atoms with E-state index in [1.165, 1.54) is 12.5 Å². The van der Waals surface area contributed by atoms with Crippen molar-refractivity contribution in [1.29, 1.82) is 0 Å². The van der Waals surface area contributed by atoms with Crippen molar-refractivity contribution in [2.75, 3.05) is 6.54 Å². The molecule has 0 spiro atoms. The summed E-state index contributed by atoms with van der Waals surface area (Å²) < 4.78 is 29.5. The van der Waals surface area contributed by atoms with Crippen LogP contribution in [0.2, 0.25) is 0 Å². The Kier molecular flexibility index (Phi) is 9.31. The summed E-state index contributed by atoms with van der Waals surface area (Å²) in [6, 6.07) is 5.98. The van der Waals surface area contributed by atoms with E-state index in [4.69, 9.17) is 7.85 Å². The van der Waals surface area contributed by atoms with E-state index >= 15 is 0 Å². The van der Waals surface area contributed by atoms with Crippen molar-refractivity contribution in [3.63, 3.8) is 0 Å². The van der Waals surface area contributed by atoms with E-state index in [0.29, 0.717) is 25.3 Å². The van der Waals surface area contributed by atoms with Crippen molar-refractivity contribution in [3.8, 4) is 0 Å². The van der Waals surface area contributed by atoms with Crippen molar-refractivity contribution in [1.82, 2.24) is 14.9 Å². The van der Waals surface area contributed by atoms with Gasteiger partial charge in [-0.1, -0.05) is 71.9 Å². The fourth-order valence-electron chi connectivity index (χ4n) is 5.43. The maximum atomic E-state index is 14.0. The molecule has 2 N–H and O–H groups in total. The number of rotatable bonds is 10. The summed E-state index contributed by atoms with van der Waals surface area (Å²) in [5.41, 5.74) is -0.491. The molecule has 3 rings (SSSR count). The number of hydrogen-bond acceptors (Lipinski definition) is 4. The molecule has 0 aromatic heterocycles. The molecule has 1 aromatic rings. The van der Waals surface area contributed by atoms with Gasteiger partial charge in [-0.2, -0.15) is 4.72 Å². The first-order chi connectivity index (χ1) is 16.9. The van der Waals surface area contributed by atoms with E-state index in [-0.39, 0.29) is 28.5 Å². The van der Waals surface area contributed by atoms with E-state index in [9.17, 15) is 18.0 Å². The SMILES string of the molecule is [B][C@@H](NC(=O)[C@H](CC1CCCCC1)N1CC[C@](NS(=O)(=O)c2cccc(C)c2)(C(C)C)C1=O)C(C)C. The van der Waals surface area contributed by atoms with Gasteiger partial charge < -0.3 is 10.2 Å². The second kappa shape index (κ2) is 11.7. The van der Waals surface area contributed by atoms with Crippen LogP contribution in [-0.2, 0) is 19.6 Å². The van der Waals surface area contributed by atoms with Crippen LogP contribution in [0.5, 0.6) is 0 Å². The Morgan fingerprint density at radius 1 is 1.17 bits per heavy atom. The first-order valence-electron chi connectivity index (χ1n) is 13.3. The molecule has 2 aliphatic rings. The molecule has 1 saturated carbocycles. The van der Waals surface area contributed by atoms with Gasteiger partial charge >= 0.3 is 0 Å². The quantitative estimate of drug-likeness (QED) is 0.467. The average Bonchev–Trinajstić information content (AvgIpc) is 3.14. The molecule has 36 heavy (non-hydrogen) atoms. The highest BCUT2D eigenvalue weighted by molar-refractivity contribution is 7.89. The number of nitrogens with one attached hydrogen (secondary N) is 2. The van der Waals surface area contributed by atoms with Gasteiger partial charge in [0.25, 0.3) is 0 Å². The Hall–Kier alpha value is -1.87. The second-order valence-electron chi connectivity index (χ2n) is 11.3. The number of sulfonamides is 1. The summed E-state index contributed by atoms with van der Waals surface area (Å²) >= 11 is 0. The van der Waals surface area contributed by atoms with Crippen molar-refractivity contribution < 1.29 is 18.0 Å². The lowest BCUT2D eigenvalue weighted by Gasteiger charge is -2.36. The van der Waals surface area contributed by atoms with Crippen LogP contribution in [0.25, 0.3) is 0 Å². The minimum absolute atomic E-state index is 0.0504. The van der Waals surface area contributed by atoms with Gasteiger partial charge in [0.1, 0.15) is 11.6 Å². The Morgan fingerprint density at radius 2 is 1.83 bits per heavy atom. The summed E-state index contributed by atoms with van der Waals surface area (Å²) in [6.45, 7) is 9.72. The Morgan fingerprint density at radius 3 is 2.42 bits per heavy atom. The molecular weight excluding hydrogens is 473 g/mol. The number of carbonyl (C=O) groups is 2. The lowest BCUT2D eigenvalue weighted by atomic mass is 9.82. The smallest absolute Gasteiger partial charge is 0.244 e. The van der Waals surface area contributed by atoms with Crippen molar-refractivity contribution in [3.05, 3.63) is 29.8 Å². The third-order valence-corrected chi connectivity index (χ3v) is 9.49. The molecule has 198 valence electrons. The molecule has 0 unspecified atom stereocenters. The highest BCUT2D eigenvalue weighted by Crippen LogP contribution is 2.36. The summed E-state index contributed by atoms with van der Waals surface area (Å²) in [4.78, 5) is 29.2. The molecule has 0 bridgehead atoms.